The Labute approximate surface area is 187 Å². The van der Waals surface area contributed by atoms with Crippen molar-refractivity contribution >= 4 is 23.6 Å². The van der Waals surface area contributed by atoms with Gasteiger partial charge < -0.3 is 25.8 Å². The molecule has 3 saturated heterocycles. The summed E-state index contributed by atoms with van der Waals surface area (Å²) in [5, 5.41) is 7.78. The predicted octanol–water partition coefficient (Wildman–Crippen LogP) is -1.90. The molecule has 0 bridgehead atoms. The van der Waals surface area contributed by atoms with Crippen LogP contribution >= 0.6 is 0 Å². The third-order valence-corrected chi connectivity index (χ3v) is 6.55. The van der Waals surface area contributed by atoms with E-state index in [2.05, 4.69) is 20.9 Å². The maximum absolute atomic E-state index is 13.3. The van der Waals surface area contributed by atoms with Crippen LogP contribution in [-0.2, 0) is 14.4 Å². The van der Waals surface area contributed by atoms with Gasteiger partial charge in [0.25, 0.3) is 5.91 Å². The van der Waals surface area contributed by atoms with Gasteiger partial charge in [0.05, 0.1) is 25.2 Å². The number of hydrogen-bond acceptors (Lipinski definition) is 5. The van der Waals surface area contributed by atoms with E-state index in [1.807, 2.05) is 0 Å². The minimum atomic E-state index is -0.822. The Morgan fingerprint density at radius 2 is 1.97 bits per heavy atom. The number of nitrogens with one attached hydrogen (secondary N) is 2. The van der Waals surface area contributed by atoms with E-state index in [1.165, 1.54) is 6.20 Å². The second kappa shape index (κ2) is 10.1. The van der Waals surface area contributed by atoms with Gasteiger partial charge in [-0.3, -0.25) is 24.2 Å². The van der Waals surface area contributed by atoms with Crippen LogP contribution in [-0.4, -0.2) is 89.8 Å². The van der Waals surface area contributed by atoms with Crippen molar-refractivity contribution < 1.29 is 24.5 Å². The molecule has 4 heterocycles. The Kier molecular flexibility index (Phi) is 6.99. The highest BCUT2D eigenvalue weighted by Crippen LogP contribution is 2.20. The lowest BCUT2D eigenvalue weighted by Gasteiger charge is -2.42. The first kappa shape index (κ1) is 22.2. The lowest BCUT2D eigenvalue weighted by molar-refractivity contribution is -0.664. The number of rotatable bonds is 4. The van der Waals surface area contributed by atoms with Gasteiger partial charge in [-0.1, -0.05) is 0 Å². The zero-order valence-corrected chi connectivity index (χ0v) is 18.2. The molecule has 2 atom stereocenters. The summed E-state index contributed by atoms with van der Waals surface area (Å²) in [6, 6.07) is 1.95. The fourth-order valence-electron chi connectivity index (χ4n) is 4.71. The SMILES string of the molecule is O=C1NCCC[C@@H]1NC(=O)[C@@H]1CN(C(=O)c2cccnc2)CCN1C(=O)C1CC[NH2+]CC1. The summed E-state index contributed by atoms with van der Waals surface area (Å²) < 4.78 is 0. The molecule has 3 aliphatic rings. The summed E-state index contributed by atoms with van der Waals surface area (Å²) in [5.41, 5.74) is 0.445. The normalized spacial score (nSPS) is 24.6. The average Bonchev–Trinajstić information content (AvgIpc) is 2.85. The Bertz CT molecular complexity index is 857. The fraction of sp³-hybridized carbons (Fsp3) is 0.591. The predicted molar refractivity (Wildman–Crippen MR) is 114 cm³/mol. The summed E-state index contributed by atoms with van der Waals surface area (Å²) >= 11 is 0. The zero-order valence-electron chi connectivity index (χ0n) is 18.2. The molecule has 172 valence electrons. The number of piperidine rings is 2. The van der Waals surface area contributed by atoms with Gasteiger partial charge in [0.2, 0.25) is 17.7 Å². The van der Waals surface area contributed by atoms with Gasteiger partial charge in [0, 0.05) is 50.8 Å². The monoisotopic (exact) mass is 443 g/mol. The van der Waals surface area contributed by atoms with Gasteiger partial charge in [0.15, 0.2) is 0 Å². The van der Waals surface area contributed by atoms with Crippen LogP contribution in [0.25, 0.3) is 0 Å². The molecule has 1 aromatic rings. The molecule has 0 saturated carbocycles. The molecule has 0 spiro atoms. The first-order chi connectivity index (χ1) is 15.5. The van der Waals surface area contributed by atoms with Crippen LogP contribution in [0.1, 0.15) is 36.0 Å². The van der Waals surface area contributed by atoms with Crippen molar-refractivity contribution in [3.63, 3.8) is 0 Å². The molecule has 3 aliphatic heterocycles. The fourth-order valence-corrected chi connectivity index (χ4v) is 4.71. The van der Waals surface area contributed by atoms with Crippen LogP contribution in [0.3, 0.4) is 0 Å². The van der Waals surface area contributed by atoms with Crippen molar-refractivity contribution in [2.45, 2.75) is 37.8 Å². The highest BCUT2D eigenvalue weighted by molar-refractivity contribution is 5.96. The van der Waals surface area contributed by atoms with Crippen molar-refractivity contribution in [3.8, 4) is 0 Å². The standard InChI is InChI=1S/C22H30N6O4/c29-19-17(4-2-8-25-19)26-20(30)18-14-27(21(31)16-3-1-7-24-13-16)11-12-28(18)22(32)15-5-9-23-10-6-15/h1,3,7,13,15,17-18,23H,2,4-6,8-12,14H2,(H,25,29)(H,26,30)/p+1/t17-,18-/m0/s1. The molecule has 3 fully saturated rings. The number of pyridine rings is 1. The number of nitrogens with zero attached hydrogens (tertiary/aromatic N) is 3. The molecular weight excluding hydrogens is 412 g/mol. The summed E-state index contributed by atoms with van der Waals surface area (Å²) in [6.45, 7) is 3.14. The van der Waals surface area contributed by atoms with Crippen LogP contribution in [0.5, 0.6) is 0 Å². The molecule has 0 aliphatic carbocycles. The van der Waals surface area contributed by atoms with E-state index in [9.17, 15) is 19.2 Å². The van der Waals surface area contributed by atoms with Crippen molar-refractivity contribution in [1.82, 2.24) is 25.4 Å². The van der Waals surface area contributed by atoms with Crippen molar-refractivity contribution in [3.05, 3.63) is 30.1 Å². The molecule has 1 aromatic heterocycles. The van der Waals surface area contributed by atoms with E-state index in [-0.39, 0.29) is 36.1 Å². The van der Waals surface area contributed by atoms with E-state index < -0.39 is 12.1 Å². The lowest BCUT2D eigenvalue weighted by atomic mass is 9.95. The summed E-state index contributed by atoms with van der Waals surface area (Å²) in [5.74, 6) is -0.935. The number of quaternary nitrogens is 1. The van der Waals surface area contributed by atoms with Gasteiger partial charge in [-0.05, 0) is 25.0 Å². The Morgan fingerprint density at radius 3 is 2.69 bits per heavy atom. The number of hydrogen-bond donors (Lipinski definition) is 3. The van der Waals surface area contributed by atoms with Gasteiger partial charge in [0.1, 0.15) is 12.1 Å². The molecular formula is C22H31N6O4+. The van der Waals surface area contributed by atoms with Crippen molar-refractivity contribution in [2.75, 3.05) is 39.3 Å². The molecule has 32 heavy (non-hydrogen) atoms. The Balaban J connectivity index is 1.51. The number of carbonyl (C=O) groups excluding carboxylic acids is 4. The van der Waals surface area contributed by atoms with E-state index in [4.69, 9.17) is 0 Å². The maximum atomic E-state index is 13.3. The highest BCUT2D eigenvalue weighted by atomic mass is 16.2. The first-order valence-corrected chi connectivity index (χ1v) is 11.4. The van der Waals surface area contributed by atoms with Gasteiger partial charge in [-0.2, -0.15) is 0 Å². The smallest absolute Gasteiger partial charge is 0.255 e. The number of aromatic nitrogens is 1. The number of carbonyl (C=O) groups is 4. The zero-order chi connectivity index (χ0) is 22.5. The van der Waals surface area contributed by atoms with Gasteiger partial charge in [-0.25, -0.2) is 0 Å². The van der Waals surface area contributed by atoms with Crippen LogP contribution < -0.4 is 16.0 Å². The highest BCUT2D eigenvalue weighted by Gasteiger charge is 2.41. The summed E-state index contributed by atoms with van der Waals surface area (Å²) in [4.78, 5) is 58.9. The minimum absolute atomic E-state index is 0.0279. The second-order valence-electron chi connectivity index (χ2n) is 8.68. The van der Waals surface area contributed by atoms with Gasteiger partial charge in [-0.15, -0.1) is 0 Å². The molecule has 4 amide bonds. The van der Waals surface area contributed by atoms with Crippen LogP contribution in [0.2, 0.25) is 0 Å². The van der Waals surface area contributed by atoms with Crippen LogP contribution in [0.4, 0.5) is 0 Å². The average molecular weight is 444 g/mol. The van der Waals surface area contributed by atoms with Crippen molar-refractivity contribution in [2.24, 2.45) is 5.92 Å². The molecule has 0 unspecified atom stereocenters. The molecule has 0 radical (unpaired) electrons. The minimum Gasteiger partial charge on any atom is -0.354 e. The molecule has 4 N–H and O–H groups in total. The second-order valence-corrected chi connectivity index (χ2v) is 8.68. The molecule has 0 aromatic carbocycles. The topological polar surface area (TPSA) is 128 Å². The lowest BCUT2D eigenvalue weighted by Crippen LogP contribution is -2.86. The Morgan fingerprint density at radius 1 is 1.16 bits per heavy atom. The largest absolute Gasteiger partial charge is 0.354 e. The molecule has 4 rings (SSSR count). The molecule has 10 heteroatoms. The van der Waals surface area contributed by atoms with E-state index in [0.29, 0.717) is 31.6 Å². The van der Waals surface area contributed by atoms with E-state index in [0.717, 1.165) is 32.4 Å². The summed E-state index contributed by atoms with van der Waals surface area (Å²) in [6.07, 6.45) is 6.02. The van der Waals surface area contributed by atoms with Gasteiger partial charge >= 0.3 is 0 Å². The first-order valence-electron chi connectivity index (χ1n) is 11.4. The number of amides is 4. The van der Waals surface area contributed by atoms with Crippen molar-refractivity contribution in [1.29, 1.82) is 0 Å². The Hall–Kier alpha value is -3.01. The van der Waals surface area contributed by atoms with E-state index >= 15 is 0 Å². The quantitative estimate of drug-likeness (QED) is 0.501. The third kappa shape index (κ3) is 4.90. The number of nitrogens with two attached hydrogens (primary N) is 1. The molecule has 10 nitrogen and oxygen atoms in total. The van der Waals surface area contributed by atoms with Crippen LogP contribution in [0, 0.1) is 5.92 Å². The van der Waals surface area contributed by atoms with E-state index in [1.54, 1.807) is 28.1 Å². The third-order valence-electron chi connectivity index (χ3n) is 6.55. The number of piperazine rings is 1. The maximum Gasteiger partial charge on any atom is 0.255 e. The summed E-state index contributed by atoms with van der Waals surface area (Å²) in [7, 11) is 0. The van der Waals surface area contributed by atoms with Crippen LogP contribution in [0.15, 0.2) is 24.5 Å².